The summed E-state index contributed by atoms with van der Waals surface area (Å²) in [6, 6.07) is 4.41. The van der Waals surface area contributed by atoms with E-state index >= 15 is 0 Å². The summed E-state index contributed by atoms with van der Waals surface area (Å²) in [4.78, 5) is 18.1. The van der Waals surface area contributed by atoms with Crippen molar-refractivity contribution in [1.82, 2.24) is 9.88 Å². The number of fused-ring (bicyclic) bond motifs is 1. The van der Waals surface area contributed by atoms with E-state index in [9.17, 15) is 13.6 Å². The van der Waals surface area contributed by atoms with Crippen LogP contribution in [0.5, 0.6) is 0 Å². The van der Waals surface area contributed by atoms with Gasteiger partial charge in [-0.15, -0.1) is 0 Å². The number of rotatable bonds is 2. The van der Waals surface area contributed by atoms with Crippen LogP contribution in [0, 0.1) is 17.6 Å². The maximum atomic E-state index is 14.0. The number of aromatic nitrogens is 1. The molecule has 2 aromatic rings. The van der Waals surface area contributed by atoms with Crippen molar-refractivity contribution in [2.24, 2.45) is 5.92 Å². The maximum Gasteiger partial charge on any atom is 0.410 e. The Kier molecular flexibility index (Phi) is 5.12. The van der Waals surface area contributed by atoms with Crippen molar-refractivity contribution in [1.29, 1.82) is 0 Å². The number of piperidine rings is 1. The maximum absolute atomic E-state index is 14.0. The molecule has 1 saturated heterocycles. The minimum absolute atomic E-state index is 0.216. The zero-order valence-electron chi connectivity index (χ0n) is 15.4. The molecule has 4 nitrogen and oxygen atoms in total. The normalized spacial score (nSPS) is 16.1. The van der Waals surface area contributed by atoms with Gasteiger partial charge in [-0.3, -0.25) is 4.98 Å². The molecule has 0 bridgehead atoms. The molecule has 3 rings (SSSR count). The molecule has 0 spiro atoms. The van der Waals surface area contributed by atoms with E-state index in [0.29, 0.717) is 30.9 Å². The topological polar surface area (TPSA) is 42.4 Å². The molecule has 0 unspecified atom stereocenters. The smallest absolute Gasteiger partial charge is 0.410 e. The summed E-state index contributed by atoms with van der Waals surface area (Å²) in [5.74, 6) is -1.40. The Balaban J connectivity index is 1.68. The van der Waals surface area contributed by atoms with Gasteiger partial charge in [-0.2, -0.15) is 0 Å². The lowest BCUT2D eigenvalue weighted by atomic mass is 9.89. The van der Waals surface area contributed by atoms with Crippen LogP contribution in [-0.2, 0) is 11.2 Å². The van der Waals surface area contributed by atoms with Gasteiger partial charge in [-0.25, -0.2) is 13.6 Å². The lowest BCUT2D eigenvalue weighted by molar-refractivity contribution is 0.0184. The molecule has 0 aliphatic carbocycles. The lowest BCUT2D eigenvalue weighted by Gasteiger charge is -2.33. The van der Waals surface area contributed by atoms with Gasteiger partial charge in [0.1, 0.15) is 5.60 Å². The number of likely N-dealkylation sites (tertiary alicyclic amines) is 1. The Hall–Kier alpha value is -2.24. The molecule has 0 radical (unpaired) electrons. The highest BCUT2D eigenvalue weighted by atomic mass is 19.2. The van der Waals surface area contributed by atoms with Crippen molar-refractivity contribution in [3.8, 4) is 0 Å². The number of nitrogens with zero attached hydrogens (tertiary/aromatic N) is 2. The molecule has 0 N–H and O–H groups in total. The molecule has 1 fully saturated rings. The molecule has 140 valence electrons. The minimum Gasteiger partial charge on any atom is -0.444 e. The van der Waals surface area contributed by atoms with E-state index in [2.05, 4.69) is 4.98 Å². The standard InChI is InChI=1S/C20H24F2N2O2/c1-20(2,3)26-19(25)24-9-6-13(7-10-24)11-14-12-16(21)17(22)15-5-4-8-23-18(14)15/h4-5,8,12-13H,6-7,9-11H2,1-3H3. The fraction of sp³-hybridized carbons (Fsp3) is 0.500. The predicted molar refractivity (Wildman–Crippen MR) is 95.9 cm³/mol. The Morgan fingerprint density at radius 2 is 2.00 bits per heavy atom. The van der Waals surface area contributed by atoms with Crippen molar-refractivity contribution in [3.63, 3.8) is 0 Å². The molecule has 2 heterocycles. The summed E-state index contributed by atoms with van der Waals surface area (Å²) in [6.45, 7) is 6.75. The van der Waals surface area contributed by atoms with Crippen molar-refractivity contribution < 1.29 is 18.3 Å². The van der Waals surface area contributed by atoms with Crippen LogP contribution >= 0.6 is 0 Å². The molecule has 6 heteroatoms. The third-order valence-electron chi connectivity index (χ3n) is 4.63. The summed E-state index contributed by atoms with van der Waals surface area (Å²) in [5, 5.41) is 0.216. The van der Waals surface area contributed by atoms with Gasteiger partial charge in [0, 0.05) is 24.7 Å². The van der Waals surface area contributed by atoms with Crippen LogP contribution in [0.1, 0.15) is 39.2 Å². The highest BCUT2D eigenvalue weighted by Gasteiger charge is 2.27. The van der Waals surface area contributed by atoms with Crippen LogP contribution in [0.25, 0.3) is 10.9 Å². The highest BCUT2D eigenvalue weighted by molar-refractivity contribution is 5.82. The molecule has 1 aliphatic rings. The first-order valence-corrected chi connectivity index (χ1v) is 8.94. The van der Waals surface area contributed by atoms with Crippen molar-refractivity contribution in [2.45, 2.75) is 45.6 Å². The van der Waals surface area contributed by atoms with Crippen molar-refractivity contribution in [2.75, 3.05) is 13.1 Å². The molecule has 0 saturated carbocycles. The lowest BCUT2D eigenvalue weighted by Crippen LogP contribution is -2.42. The average Bonchev–Trinajstić information content (AvgIpc) is 2.58. The quantitative estimate of drug-likeness (QED) is 0.777. The molecular formula is C20H24F2N2O2. The first kappa shape index (κ1) is 18.5. The van der Waals surface area contributed by atoms with Gasteiger partial charge >= 0.3 is 6.09 Å². The van der Waals surface area contributed by atoms with Gasteiger partial charge < -0.3 is 9.64 Å². The first-order valence-electron chi connectivity index (χ1n) is 8.94. The van der Waals surface area contributed by atoms with Gasteiger partial charge in [-0.1, -0.05) is 0 Å². The summed E-state index contributed by atoms with van der Waals surface area (Å²) in [5.41, 5.74) is 0.723. The van der Waals surface area contributed by atoms with E-state index in [1.807, 2.05) is 20.8 Å². The number of pyridine rings is 1. The van der Waals surface area contributed by atoms with Gasteiger partial charge in [0.25, 0.3) is 0 Å². The monoisotopic (exact) mass is 362 g/mol. The third kappa shape index (κ3) is 4.11. The number of ether oxygens (including phenoxy) is 1. The van der Waals surface area contributed by atoms with Gasteiger partial charge in [0.2, 0.25) is 0 Å². The van der Waals surface area contributed by atoms with Crippen LogP contribution < -0.4 is 0 Å². The van der Waals surface area contributed by atoms with Gasteiger partial charge in [-0.05, 0) is 69.7 Å². The first-order chi connectivity index (χ1) is 12.2. The second-order valence-corrected chi connectivity index (χ2v) is 7.85. The van der Waals surface area contributed by atoms with Crippen molar-refractivity contribution in [3.05, 3.63) is 41.6 Å². The number of carbonyl (C=O) groups is 1. The zero-order valence-corrected chi connectivity index (χ0v) is 15.4. The second-order valence-electron chi connectivity index (χ2n) is 7.85. The SMILES string of the molecule is CC(C)(C)OC(=O)N1CCC(Cc2cc(F)c(F)c3cccnc23)CC1. The summed E-state index contributed by atoms with van der Waals surface area (Å²) in [7, 11) is 0. The molecule has 1 aromatic heterocycles. The fourth-order valence-electron chi connectivity index (χ4n) is 3.36. The summed E-state index contributed by atoms with van der Waals surface area (Å²) >= 11 is 0. The summed E-state index contributed by atoms with van der Waals surface area (Å²) < 4.78 is 33.3. The highest BCUT2D eigenvalue weighted by Crippen LogP contribution is 2.28. The van der Waals surface area contributed by atoms with Crippen LogP contribution in [0.3, 0.4) is 0 Å². The predicted octanol–water partition coefficient (Wildman–Crippen LogP) is 4.70. The number of hydrogen-bond donors (Lipinski definition) is 0. The zero-order chi connectivity index (χ0) is 18.9. The van der Waals surface area contributed by atoms with E-state index in [-0.39, 0.29) is 11.5 Å². The third-order valence-corrected chi connectivity index (χ3v) is 4.63. The number of amides is 1. The van der Waals surface area contributed by atoms with E-state index in [4.69, 9.17) is 4.74 Å². The number of halogens is 2. The van der Waals surface area contributed by atoms with Crippen molar-refractivity contribution >= 4 is 17.0 Å². The van der Waals surface area contributed by atoms with Crippen LogP contribution in [-0.4, -0.2) is 34.7 Å². The summed E-state index contributed by atoms with van der Waals surface area (Å²) in [6.07, 6.45) is 3.51. The Bertz CT molecular complexity index is 809. The number of carbonyl (C=O) groups excluding carboxylic acids is 1. The van der Waals surface area contributed by atoms with Crippen LogP contribution in [0.4, 0.5) is 13.6 Å². The molecule has 1 amide bonds. The molecular weight excluding hydrogens is 338 g/mol. The van der Waals surface area contributed by atoms with E-state index in [1.165, 1.54) is 6.07 Å². The second kappa shape index (κ2) is 7.17. The van der Waals surface area contributed by atoms with E-state index in [0.717, 1.165) is 18.4 Å². The van der Waals surface area contributed by atoms with Crippen LogP contribution in [0.2, 0.25) is 0 Å². The van der Waals surface area contributed by atoms with E-state index in [1.54, 1.807) is 23.2 Å². The largest absolute Gasteiger partial charge is 0.444 e. The average molecular weight is 362 g/mol. The molecule has 0 atom stereocenters. The Morgan fingerprint density at radius 3 is 2.65 bits per heavy atom. The minimum atomic E-state index is -0.850. The Labute approximate surface area is 152 Å². The Morgan fingerprint density at radius 1 is 1.31 bits per heavy atom. The van der Waals surface area contributed by atoms with Gasteiger partial charge in [0.15, 0.2) is 11.6 Å². The fourth-order valence-corrected chi connectivity index (χ4v) is 3.36. The van der Waals surface area contributed by atoms with Gasteiger partial charge in [0.05, 0.1) is 5.52 Å². The number of hydrogen-bond acceptors (Lipinski definition) is 3. The van der Waals surface area contributed by atoms with Crippen LogP contribution in [0.15, 0.2) is 24.4 Å². The molecule has 26 heavy (non-hydrogen) atoms. The molecule has 1 aliphatic heterocycles. The molecule has 1 aromatic carbocycles. The van der Waals surface area contributed by atoms with E-state index < -0.39 is 17.2 Å². The number of benzene rings is 1.